The number of azide groups is 1. The molecule has 5 nitrogen and oxygen atoms in total. The zero-order valence-electron chi connectivity index (χ0n) is 8.72. The minimum atomic E-state index is -1.07. The highest BCUT2D eigenvalue weighted by atomic mass is 35.5. The summed E-state index contributed by atoms with van der Waals surface area (Å²) in [6.45, 7) is 0.310. The lowest BCUT2D eigenvalue weighted by molar-refractivity contribution is 0.0697. The number of halogens is 1. The van der Waals surface area contributed by atoms with Gasteiger partial charge in [0.05, 0.1) is 10.6 Å². The Hall–Kier alpha value is -2.15. The SMILES string of the molecule is [N-]=[N+]=NCCC#Cc1ccc(C(=O)O)c(Cl)c1. The zero-order valence-corrected chi connectivity index (χ0v) is 9.48. The van der Waals surface area contributed by atoms with Gasteiger partial charge in [-0.3, -0.25) is 0 Å². The molecule has 0 atom stereocenters. The first kappa shape index (κ1) is 12.9. The van der Waals surface area contributed by atoms with E-state index in [2.05, 4.69) is 21.9 Å². The largest absolute Gasteiger partial charge is 0.478 e. The fourth-order valence-electron chi connectivity index (χ4n) is 1.08. The van der Waals surface area contributed by atoms with Crippen molar-refractivity contribution in [2.75, 3.05) is 6.54 Å². The number of hydrogen-bond acceptors (Lipinski definition) is 2. The molecule has 0 spiro atoms. The molecule has 6 heteroatoms. The molecule has 0 heterocycles. The predicted molar refractivity (Wildman–Crippen MR) is 63.9 cm³/mol. The van der Waals surface area contributed by atoms with Crippen molar-refractivity contribution in [3.63, 3.8) is 0 Å². The van der Waals surface area contributed by atoms with Crippen molar-refractivity contribution in [3.05, 3.63) is 44.8 Å². The summed E-state index contributed by atoms with van der Waals surface area (Å²) < 4.78 is 0. The van der Waals surface area contributed by atoms with Gasteiger partial charge in [0.1, 0.15) is 0 Å². The maximum Gasteiger partial charge on any atom is 0.337 e. The molecule has 86 valence electrons. The van der Waals surface area contributed by atoms with E-state index in [9.17, 15) is 4.79 Å². The first-order chi connectivity index (χ1) is 8.15. The van der Waals surface area contributed by atoms with Crippen LogP contribution in [0.4, 0.5) is 0 Å². The zero-order chi connectivity index (χ0) is 12.7. The average Bonchev–Trinajstić information content (AvgIpc) is 2.28. The Morgan fingerprint density at radius 2 is 2.35 bits per heavy atom. The van der Waals surface area contributed by atoms with E-state index in [0.29, 0.717) is 18.5 Å². The number of carbonyl (C=O) groups is 1. The van der Waals surface area contributed by atoms with Crippen LogP contribution in [0.1, 0.15) is 22.3 Å². The number of hydrogen-bond donors (Lipinski definition) is 1. The minimum Gasteiger partial charge on any atom is -0.478 e. The molecule has 0 saturated heterocycles. The summed E-state index contributed by atoms with van der Waals surface area (Å²) >= 11 is 5.77. The van der Waals surface area contributed by atoms with E-state index in [0.717, 1.165) is 0 Å². The van der Waals surface area contributed by atoms with Crippen LogP contribution in [-0.2, 0) is 0 Å². The van der Waals surface area contributed by atoms with Crippen molar-refractivity contribution >= 4 is 17.6 Å². The monoisotopic (exact) mass is 249 g/mol. The van der Waals surface area contributed by atoms with Crippen molar-refractivity contribution in [1.29, 1.82) is 0 Å². The topological polar surface area (TPSA) is 86.1 Å². The molecule has 0 fully saturated rings. The lowest BCUT2D eigenvalue weighted by atomic mass is 10.1. The van der Waals surface area contributed by atoms with Gasteiger partial charge in [-0.05, 0) is 23.7 Å². The lowest BCUT2D eigenvalue weighted by Gasteiger charge is -1.98. The Balaban J connectivity index is 2.77. The minimum absolute atomic E-state index is 0.0475. The van der Waals surface area contributed by atoms with Crippen molar-refractivity contribution < 1.29 is 9.90 Å². The Morgan fingerprint density at radius 3 is 2.94 bits per heavy atom. The quantitative estimate of drug-likeness (QED) is 0.293. The molecule has 1 aromatic carbocycles. The van der Waals surface area contributed by atoms with Gasteiger partial charge in [-0.2, -0.15) is 0 Å². The molecule has 0 unspecified atom stereocenters. The third-order valence-corrected chi connectivity index (χ3v) is 2.14. The van der Waals surface area contributed by atoms with E-state index >= 15 is 0 Å². The van der Waals surface area contributed by atoms with Gasteiger partial charge in [0.2, 0.25) is 0 Å². The molecule has 1 aromatic rings. The van der Waals surface area contributed by atoms with Crippen molar-refractivity contribution in [2.45, 2.75) is 6.42 Å². The molecule has 1 rings (SSSR count). The van der Waals surface area contributed by atoms with Crippen LogP contribution in [0.3, 0.4) is 0 Å². The molecule has 0 bridgehead atoms. The van der Waals surface area contributed by atoms with E-state index in [1.807, 2.05) is 0 Å². The summed E-state index contributed by atoms with van der Waals surface area (Å²) in [5.74, 6) is 4.52. The Bertz CT molecular complexity index is 539. The van der Waals surface area contributed by atoms with Gasteiger partial charge in [-0.25, -0.2) is 4.79 Å². The molecule has 0 aliphatic rings. The molecule has 0 aliphatic heterocycles. The molecular weight excluding hydrogens is 242 g/mol. The van der Waals surface area contributed by atoms with E-state index in [1.54, 1.807) is 6.07 Å². The van der Waals surface area contributed by atoms with Gasteiger partial charge in [-0.15, -0.1) is 0 Å². The maximum atomic E-state index is 10.7. The summed E-state index contributed by atoms with van der Waals surface area (Å²) in [5, 5.41) is 12.2. The lowest BCUT2D eigenvalue weighted by Crippen LogP contribution is -1.97. The number of aromatic carboxylic acids is 1. The summed E-state index contributed by atoms with van der Waals surface area (Å²) in [6, 6.07) is 4.48. The number of benzene rings is 1. The smallest absolute Gasteiger partial charge is 0.337 e. The standard InChI is InChI=1S/C11H8ClN3O2/c12-10-7-8(3-1-2-6-14-15-13)4-5-9(10)11(16)17/h4-5,7H,2,6H2,(H,16,17). The highest BCUT2D eigenvalue weighted by molar-refractivity contribution is 6.33. The van der Waals surface area contributed by atoms with E-state index < -0.39 is 5.97 Å². The average molecular weight is 250 g/mol. The normalized spacial score (nSPS) is 8.76. The first-order valence-electron chi connectivity index (χ1n) is 4.67. The number of nitrogens with zero attached hydrogens (tertiary/aromatic N) is 3. The van der Waals surface area contributed by atoms with Crippen molar-refractivity contribution in [1.82, 2.24) is 0 Å². The third kappa shape index (κ3) is 4.07. The second-order valence-corrected chi connectivity index (χ2v) is 3.41. The van der Waals surface area contributed by atoms with Crippen molar-refractivity contribution in [3.8, 4) is 11.8 Å². The molecule has 0 amide bonds. The van der Waals surface area contributed by atoms with Gasteiger partial charge < -0.3 is 5.11 Å². The second-order valence-electron chi connectivity index (χ2n) is 3.01. The molecule has 0 saturated carbocycles. The van der Waals surface area contributed by atoms with Crippen LogP contribution in [0.15, 0.2) is 23.3 Å². The molecule has 0 radical (unpaired) electrons. The third-order valence-electron chi connectivity index (χ3n) is 1.83. The fourth-order valence-corrected chi connectivity index (χ4v) is 1.34. The van der Waals surface area contributed by atoms with Crippen LogP contribution in [-0.4, -0.2) is 17.6 Å². The number of rotatable bonds is 3. The van der Waals surface area contributed by atoms with Gasteiger partial charge in [0.15, 0.2) is 0 Å². The Morgan fingerprint density at radius 1 is 1.59 bits per heavy atom. The molecule has 1 N–H and O–H groups in total. The van der Waals surface area contributed by atoms with E-state index in [4.69, 9.17) is 22.2 Å². The number of carboxylic acid groups (broad SMARTS) is 1. The summed E-state index contributed by atoms with van der Waals surface area (Å²) in [5.41, 5.74) is 8.71. The first-order valence-corrected chi connectivity index (χ1v) is 5.05. The predicted octanol–water partition coefficient (Wildman–Crippen LogP) is 3.09. The molecule has 0 aromatic heterocycles. The highest BCUT2D eigenvalue weighted by Gasteiger charge is 2.07. The van der Waals surface area contributed by atoms with Crippen molar-refractivity contribution in [2.24, 2.45) is 5.11 Å². The van der Waals surface area contributed by atoms with E-state index in [1.165, 1.54) is 12.1 Å². The molecule has 0 aliphatic carbocycles. The fraction of sp³-hybridized carbons (Fsp3) is 0.182. The van der Waals surface area contributed by atoms with Crippen LogP contribution in [0.2, 0.25) is 5.02 Å². The van der Waals surface area contributed by atoms with Crippen LogP contribution in [0.25, 0.3) is 10.4 Å². The van der Waals surface area contributed by atoms with Crippen LogP contribution in [0, 0.1) is 11.8 Å². The van der Waals surface area contributed by atoms with Crippen LogP contribution >= 0.6 is 11.6 Å². The van der Waals surface area contributed by atoms with Crippen LogP contribution < -0.4 is 0 Å². The van der Waals surface area contributed by atoms with Gasteiger partial charge in [-0.1, -0.05) is 28.6 Å². The van der Waals surface area contributed by atoms with E-state index in [-0.39, 0.29) is 10.6 Å². The molecular formula is C11H8ClN3O2. The number of carboxylic acids is 1. The summed E-state index contributed by atoms with van der Waals surface area (Å²) in [4.78, 5) is 13.3. The highest BCUT2D eigenvalue weighted by Crippen LogP contribution is 2.17. The van der Waals surface area contributed by atoms with Gasteiger partial charge >= 0.3 is 5.97 Å². The van der Waals surface area contributed by atoms with Gasteiger partial charge in [0.25, 0.3) is 0 Å². The second kappa shape index (κ2) is 6.44. The van der Waals surface area contributed by atoms with Crippen LogP contribution in [0.5, 0.6) is 0 Å². The summed E-state index contributed by atoms with van der Waals surface area (Å²) in [6.07, 6.45) is 0.447. The molecule has 17 heavy (non-hydrogen) atoms. The maximum absolute atomic E-state index is 10.7. The van der Waals surface area contributed by atoms with Gasteiger partial charge in [0, 0.05) is 23.4 Å². The Kier molecular flexibility index (Phi) is 4.89. The summed E-state index contributed by atoms with van der Waals surface area (Å²) in [7, 11) is 0. The Labute approximate surface area is 103 Å².